The second-order valence-electron chi connectivity index (χ2n) is 9.42. The molecule has 2 atom stereocenters. The Hall–Kier alpha value is -2.80. The fourth-order valence-electron chi connectivity index (χ4n) is 5.61. The van der Waals surface area contributed by atoms with E-state index in [0.29, 0.717) is 24.8 Å². The highest BCUT2D eigenvalue weighted by Gasteiger charge is 2.58. The number of carbonyl (C=O) groups excluding carboxylic acids is 2. The molecule has 0 aromatic heterocycles. The summed E-state index contributed by atoms with van der Waals surface area (Å²) in [6.07, 6.45) is 3.18. The molecule has 2 aromatic carbocycles. The van der Waals surface area contributed by atoms with Crippen LogP contribution in [0.3, 0.4) is 0 Å². The van der Waals surface area contributed by atoms with E-state index in [1.54, 1.807) is 0 Å². The Bertz CT molecular complexity index is 1070. The van der Waals surface area contributed by atoms with Gasteiger partial charge in [0.15, 0.2) is 6.61 Å². The Balaban J connectivity index is 1.06. The lowest BCUT2D eigenvalue weighted by Crippen LogP contribution is -2.53. The molecule has 3 N–H and O–H groups in total. The smallest absolute Gasteiger partial charge is 0.258 e. The second kappa shape index (κ2) is 8.86. The van der Waals surface area contributed by atoms with E-state index in [2.05, 4.69) is 34.1 Å². The molecule has 1 aliphatic heterocycles. The van der Waals surface area contributed by atoms with Gasteiger partial charge in [0.2, 0.25) is 5.91 Å². The summed E-state index contributed by atoms with van der Waals surface area (Å²) < 4.78 is 18.9. The highest BCUT2D eigenvalue weighted by molar-refractivity contribution is 6.30. The van der Waals surface area contributed by atoms with Crippen LogP contribution in [-0.4, -0.2) is 37.0 Å². The zero-order chi connectivity index (χ0) is 23.0. The molecule has 8 heteroatoms. The Morgan fingerprint density at radius 3 is 2.82 bits per heavy atom. The van der Waals surface area contributed by atoms with Gasteiger partial charge in [-0.3, -0.25) is 9.59 Å². The molecule has 2 aromatic rings. The van der Waals surface area contributed by atoms with Crippen molar-refractivity contribution in [2.24, 2.45) is 11.8 Å². The van der Waals surface area contributed by atoms with Crippen LogP contribution >= 0.6 is 11.6 Å². The maximum absolute atomic E-state index is 13.5. The minimum Gasteiger partial charge on any atom is -0.484 e. The first-order valence-electron chi connectivity index (χ1n) is 11.4. The Morgan fingerprint density at radius 2 is 2.00 bits per heavy atom. The third kappa shape index (κ3) is 4.51. The number of anilines is 1. The van der Waals surface area contributed by atoms with Gasteiger partial charge in [0, 0.05) is 42.2 Å². The molecule has 6 nitrogen and oxygen atoms in total. The molecular formula is C25H27ClFN3O3. The summed E-state index contributed by atoms with van der Waals surface area (Å²) in [5.74, 6) is 0.139. The van der Waals surface area contributed by atoms with Crippen LogP contribution in [-0.2, 0) is 9.59 Å². The fourth-order valence-corrected chi connectivity index (χ4v) is 5.72. The number of para-hydroxylation sites is 1. The minimum absolute atomic E-state index is 0.00574. The quantitative estimate of drug-likeness (QED) is 0.546. The molecule has 33 heavy (non-hydrogen) atoms. The maximum Gasteiger partial charge on any atom is 0.258 e. The van der Waals surface area contributed by atoms with Gasteiger partial charge in [-0.25, -0.2) is 4.39 Å². The Kier molecular flexibility index (Phi) is 5.91. The summed E-state index contributed by atoms with van der Waals surface area (Å²) in [4.78, 5) is 25.2. The summed E-state index contributed by atoms with van der Waals surface area (Å²) in [5, 5.41) is 9.58. The van der Waals surface area contributed by atoms with E-state index in [0.717, 1.165) is 31.9 Å². The van der Waals surface area contributed by atoms with Gasteiger partial charge >= 0.3 is 0 Å². The van der Waals surface area contributed by atoms with E-state index in [1.807, 2.05) is 6.07 Å². The topological polar surface area (TPSA) is 79.5 Å². The third-order valence-electron chi connectivity index (χ3n) is 7.22. The number of rotatable bonds is 8. The molecule has 2 amide bonds. The van der Waals surface area contributed by atoms with Crippen molar-refractivity contribution in [3.63, 3.8) is 0 Å². The van der Waals surface area contributed by atoms with E-state index in [-0.39, 0.29) is 40.7 Å². The lowest BCUT2D eigenvalue weighted by Gasteiger charge is -2.39. The number of hydrogen-bond acceptors (Lipinski definition) is 4. The van der Waals surface area contributed by atoms with Gasteiger partial charge < -0.3 is 20.7 Å². The van der Waals surface area contributed by atoms with Gasteiger partial charge in [-0.05, 0) is 55.4 Å². The third-order valence-corrected chi connectivity index (χ3v) is 7.53. The van der Waals surface area contributed by atoms with E-state index >= 15 is 0 Å². The summed E-state index contributed by atoms with van der Waals surface area (Å²) in [7, 11) is 0. The minimum atomic E-state index is -0.590. The zero-order valence-electron chi connectivity index (χ0n) is 18.2. The van der Waals surface area contributed by atoms with E-state index in [4.69, 9.17) is 16.3 Å². The van der Waals surface area contributed by atoms with Gasteiger partial charge in [-0.1, -0.05) is 29.8 Å². The molecule has 6 rings (SSSR count). The highest BCUT2D eigenvalue weighted by atomic mass is 35.5. The number of ether oxygens (including phenoxy) is 1. The summed E-state index contributed by atoms with van der Waals surface area (Å²) in [6.45, 7) is 1.34. The Morgan fingerprint density at radius 1 is 1.18 bits per heavy atom. The van der Waals surface area contributed by atoms with Crippen LogP contribution in [0.5, 0.6) is 5.75 Å². The number of carbonyl (C=O) groups is 2. The van der Waals surface area contributed by atoms with Gasteiger partial charge in [-0.15, -0.1) is 0 Å². The number of amides is 2. The van der Waals surface area contributed by atoms with Crippen LogP contribution in [0.2, 0.25) is 5.02 Å². The van der Waals surface area contributed by atoms with Crippen molar-refractivity contribution in [1.82, 2.24) is 10.6 Å². The van der Waals surface area contributed by atoms with Crippen LogP contribution in [0.4, 0.5) is 10.1 Å². The van der Waals surface area contributed by atoms with Crippen LogP contribution in [0.25, 0.3) is 0 Å². The average molecular weight is 472 g/mol. The number of hydrogen-bond donors (Lipinski definition) is 3. The van der Waals surface area contributed by atoms with Gasteiger partial charge in [0.1, 0.15) is 11.6 Å². The van der Waals surface area contributed by atoms with Crippen LogP contribution in [0.1, 0.15) is 37.2 Å². The normalized spacial score (nSPS) is 26.7. The first-order chi connectivity index (χ1) is 15.9. The van der Waals surface area contributed by atoms with Crippen LogP contribution in [0, 0.1) is 17.7 Å². The molecule has 4 aliphatic rings. The molecule has 1 heterocycles. The van der Waals surface area contributed by atoms with Crippen LogP contribution < -0.4 is 20.7 Å². The molecule has 174 valence electrons. The lowest BCUT2D eigenvalue weighted by molar-refractivity contribution is -0.126. The molecule has 2 bridgehead atoms. The number of fused-ring (bicyclic) bond motifs is 2. The summed E-state index contributed by atoms with van der Waals surface area (Å²) >= 11 is 5.66. The number of halogens is 2. The van der Waals surface area contributed by atoms with Gasteiger partial charge in [0.25, 0.3) is 5.91 Å². The largest absolute Gasteiger partial charge is 0.484 e. The number of benzene rings is 2. The van der Waals surface area contributed by atoms with E-state index in [9.17, 15) is 14.0 Å². The van der Waals surface area contributed by atoms with E-state index in [1.165, 1.54) is 23.4 Å². The maximum atomic E-state index is 13.5. The van der Waals surface area contributed by atoms with Crippen molar-refractivity contribution in [3.05, 3.63) is 58.9 Å². The first kappa shape index (κ1) is 22.0. The van der Waals surface area contributed by atoms with Gasteiger partial charge in [0.05, 0.1) is 5.02 Å². The molecule has 3 aliphatic carbocycles. The first-order valence-corrected chi connectivity index (χ1v) is 11.8. The molecule has 3 saturated carbocycles. The molecule has 0 spiro atoms. The summed E-state index contributed by atoms with van der Waals surface area (Å²) in [5.41, 5.74) is 2.18. The molecule has 3 fully saturated rings. The zero-order valence-corrected chi connectivity index (χ0v) is 19.0. The standard InChI is InChI=1S/C25H27ClFN3O3/c26-20-6-5-17(9-21(20)27)33-14-23(31)30-25-10-16(11-25)19(12-25)24(32)28-8-7-15-13-29-22-4-2-1-3-18(15)22/h1-6,9,15-16,19,29H,7-8,10-14H2,(H,28,32)(H,30,31)/t15?,16?,19-,25?/m0/s1. The van der Waals surface area contributed by atoms with Crippen molar-refractivity contribution in [2.75, 3.05) is 25.0 Å². The molecular weight excluding hydrogens is 445 g/mol. The van der Waals surface area contributed by atoms with Crippen molar-refractivity contribution in [3.8, 4) is 5.75 Å². The summed E-state index contributed by atoms with van der Waals surface area (Å²) in [6, 6.07) is 12.4. The van der Waals surface area contributed by atoms with Crippen LogP contribution in [0.15, 0.2) is 42.5 Å². The monoisotopic (exact) mass is 471 g/mol. The van der Waals surface area contributed by atoms with Gasteiger partial charge in [-0.2, -0.15) is 0 Å². The molecule has 1 unspecified atom stereocenters. The predicted molar refractivity (Wildman–Crippen MR) is 124 cm³/mol. The van der Waals surface area contributed by atoms with Crippen molar-refractivity contribution in [2.45, 2.75) is 37.1 Å². The second-order valence-corrected chi connectivity index (χ2v) is 9.82. The van der Waals surface area contributed by atoms with Crippen molar-refractivity contribution in [1.29, 1.82) is 0 Å². The van der Waals surface area contributed by atoms with Crippen molar-refractivity contribution >= 4 is 29.1 Å². The fraction of sp³-hybridized carbons (Fsp3) is 0.440. The Labute approximate surface area is 197 Å². The lowest BCUT2D eigenvalue weighted by atomic mass is 9.76. The number of nitrogens with one attached hydrogen (secondary N) is 3. The molecule has 0 radical (unpaired) electrons. The van der Waals surface area contributed by atoms with Crippen molar-refractivity contribution < 1.29 is 18.7 Å². The highest BCUT2D eigenvalue weighted by Crippen LogP contribution is 2.55. The predicted octanol–water partition coefficient (Wildman–Crippen LogP) is 3.86. The molecule has 0 saturated heterocycles. The van der Waals surface area contributed by atoms with E-state index < -0.39 is 5.82 Å². The SMILES string of the molecule is O=C(COc1ccc(Cl)c(F)c1)NC12CC(C1)[C@@H](C(=O)NCCC1CNc3ccccc31)C2. The average Bonchev–Trinajstić information content (AvgIpc) is 3.46.